The molecule has 0 bridgehead atoms. The van der Waals surface area contributed by atoms with Gasteiger partial charge in [0.2, 0.25) is 0 Å². The van der Waals surface area contributed by atoms with Crippen LogP contribution in [0.5, 0.6) is 0 Å². The fourth-order valence-corrected chi connectivity index (χ4v) is 3.75. The van der Waals surface area contributed by atoms with Gasteiger partial charge in [0.25, 0.3) is 11.8 Å². The molecule has 0 aliphatic carbocycles. The summed E-state index contributed by atoms with van der Waals surface area (Å²) in [5.74, 6) is -0.0692. The first-order valence-electron chi connectivity index (χ1n) is 9.86. The van der Waals surface area contributed by atoms with Crippen LogP contribution in [0.25, 0.3) is 0 Å². The standard InChI is InChI=1S/C25H24N2O2/c1-17-8-9-18(2)23(14-17)24(28)26-22-11-10-19-12-13-27(16-21(19)15-22)25(29)20-6-4-3-5-7-20/h3-11,14-15H,12-13,16H2,1-2H3,(H,26,28). The number of hydrogen-bond donors (Lipinski definition) is 1. The molecule has 3 aromatic carbocycles. The summed E-state index contributed by atoms with van der Waals surface area (Å²) in [4.78, 5) is 27.4. The molecule has 4 heteroatoms. The van der Waals surface area contributed by atoms with Crippen molar-refractivity contribution in [2.24, 2.45) is 0 Å². The topological polar surface area (TPSA) is 49.4 Å². The first kappa shape index (κ1) is 18.9. The lowest BCUT2D eigenvalue weighted by molar-refractivity contribution is 0.0734. The number of rotatable bonds is 3. The van der Waals surface area contributed by atoms with Gasteiger partial charge in [-0.05, 0) is 67.3 Å². The highest BCUT2D eigenvalue weighted by Gasteiger charge is 2.22. The van der Waals surface area contributed by atoms with Gasteiger partial charge >= 0.3 is 0 Å². The Morgan fingerprint density at radius 1 is 0.897 bits per heavy atom. The Hall–Kier alpha value is -3.40. The van der Waals surface area contributed by atoms with Gasteiger partial charge in [0, 0.05) is 29.9 Å². The predicted molar refractivity (Wildman–Crippen MR) is 115 cm³/mol. The van der Waals surface area contributed by atoms with Gasteiger partial charge in [-0.1, -0.05) is 42.0 Å². The van der Waals surface area contributed by atoms with Gasteiger partial charge in [-0.15, -0.1) is 0 Å². The minimum atomic E-state index is -0.112. The van der Waals surface area contributed by atoms with E-state index in [1.165, 1.54) is 5.56 Å². The number of benzene rings is 3. The maximum Gasteiger partial charge on any atom is 0.255 e. The Morgan fingerprint density at radius 3 is 2.48 bits per heavy atom. The highest BCUT2D eigenvalue weighted by Crippen LogP contribution is 2.24. The highest BCUT2D eigenvalue weighted by atomic mass is 16.2. The van der Waals surface area contributed by atoms with E-state index < -0.39 is 0 Å². The van der Waals surface area contributed by atoms with E-state index in [0.29, 0.717) is 24.2 Å². The largest absolute Gasteiger partial charge is 0.334 e. The van der Waals surface area contributed by atoms with Crippen LogP contribution < -0.4 is 5.32 Å². The fourth-order valence-electron chi connectivity index (χ4n) is 3.75. The second-order valence-corrected chi connectivity index (χ2v) is 7.60. The van der Waals surface area contributed by atoms with Crippen molar-refractivity contribution >= 4 is 17.5 Å². The van der Waals surface area contributed by atoms with E-state index in [9.17, 15) is 9.59 Å². The lowest BCUT2D eigenvalue weighted by Crippen LogP contribution is -2.36. The van der Waals surface area contributed by atoms with Crippen LogP contribution in [0.3, 0.4) is 0 Å². The van der Waals surface area contributed by atoms with E-state index in [1.807, 2.05) is 79.4 Å². The molecular formula is C25H24N2O2. The van der Waals surface area contributed by atoms with Crippen molar-refractivity contribution in [2.45, 2.75) is 26.8 Å². The molecule has 0 radical (unpaired) electrons. The van der Waals surface area contributed by atoms with Crippen LogP contribution in [0.15, 0.2) is 66.7 Å². The first-order valence-corrected chi connectivity index (χ1v) is 9.86. The molecule has 1 N–H and O–H groups in total. The SMILES string of the molecule is Cc1ccc(C)c(C(=O)Nc2ccc3c(c2)CN(C(=O)c2ccccc2)CC3)c1. The predicted octanol–water partition coefficient (Wildman–Crippen LogP) is 4.75. The number of anilines is 1. The highest BCUT2D eigenvalue weighted by molar-refractivity contribution is 6.05. The average molecular weight is 384 g/mol. The minimum absolute atomic E-state index is 0.0427. The summed E-state index contributed by atoms with van der Waals surface area (Å²) >= 11 is 0. The Kier molecular flexibility index (Phi) is 5.17. The lowest BCUT2D eigenvalue weighted by atomic mass is 9.98. The second-order valence-electron chi connectivity index (χ2n) is 7.60. The monoisotopic (exact) mass is 384 g/mol. The van der Waals surface area contributed by atoms with Crippen LogP contribution >= 0.6 is 0 Å². The molecule has 0 aromatic heterocycles. The van der Waals surface area contributed by atoms with Gasteiger partial charge in [-0.3, -0.25) is 9.59 Å². The number of carbonyl (C=O) groups is 2. The molecular weight excluding hydrogens is 360 g/mol. The van der Waals surface area contributed by atoms with Gasteiger partial charge in [0.15, 0.2) is 0 Å². The molecule has 0 fully saturated rings. The molecule has 3 aromatic rings. The Morgan fingerprint density at radius 2 is 1.69 bits per heavy atom. The molecule has 1 heterocycles. The second kappa shape index (κ2) is 7.92. The zero-order valence-electron chi connectivity index (χ0n) is 16.7. The van der Waals surface area contributed by atoms with Gasteiger partial charge in [0.1, 0.15) is 0 Å². The van der Waals surface area contributed by atoms with E-state index >= 15 is 0 Å². The molecule has 1 aliphatic heterocycles. The third-order valence-electron chi connectivity index (χ3n) is 5.42. The van der Waals surface area contributed by atoms with E-state index in [-0.39, 0.29) is 11.8 Å². The molecule has 0 atom stereocenters. The van der Waals surface area contributed by atoms with Crippen LogP contribution in [-0.4, -0.2) is 23.3 Å². The summed E-state index contributed by atoms with van der Waals surface area (Å²) in [5, 5.41) is 3.01. The van der Waals surface area contributed by atoms with Crippen LogP contribution in [0.1, 0.15) is 43.0 Å². The Bertz CT molecular complexity index is 1070. The third-order valence-corrected chi connectivity index (χ3v) is 5.42. The first-order chi connectivity index (χ1) is 14.0. The third kappa shape index (κ3) is 4.06. The normalized spacial score (nSPS) is 13.0. The molecule has 0 spiro atoms. The molecule has 0 saturated heterocycles. The summed E-state index contributed by atoms with van der Waals surface area (Å²) < 4.78 is 0. The zero-order chi connectivity index (χ0) is 20.4. The smallest absolute Gasteiger partial charge is 0.255 e. The molecule has 4 nitrogen and oxygen atoms in total. The number of nitrogens with zero attached hydrogens (tertiary/aromatic N) is 1. The van der Waals surface area contributed by atoms with Crippen molar-refractivity contribution in [3.63, 3.8) is 0 Å². The minimum Gasteiger partial charge on any atom is -0.334 e. The molecule has 0 unspecified atom stereocenters. The van der Waals surface area contributed by atoms with Crippen molar-refractivity contribution in [1.29, 1.82) is 0 Å². The molecule has 146 valence electrons. The van der Waals surface area contributed by atoms with Crippen LogP contribution in [0.4, 0.5) is 5.69 Å². The van der Waals surface area contributed by atoms with E-state index in [0.717, 1.165) is 28.8 Å². The molecule has 0 saturated carbocycles. The maximum atomic E-state index is 12.8. The molecule has 1 aliphatic rings. The number of nitrogens with one attached hydrogen (secondary N) is 1. The van der Waals surface area contributed by atoms with Crippen LogP contribution in [0.2, 0.25) is 0 Å². The summed E-state index contributed by atoms with van der Waals surface area (Å²) in [7, 11) is 0. The Balaban J connectivity index is 1.52. The number of fused-ring (bicyclic) bond motifs is 1. The van der Waals surface area contributed by atoms with E-state index in [4.69, 9.17) is 0 Å². The van der Waals surface area contributed by atoms with E-state index in [2.05, 4.69) is 11.4 Å². The van der Waals surface area contributed by atoms with Crippen molar-refractivity contribution < 1.29 is 9.59 Å². The average Bonchev–Trinajstić information content (AvgIpc) is 2.75. The molecule has 29 heavy (non-hydrogen) atoms. The number of aryl methyl sites for hydroxylation is 2. The number of carbonyl (C=O) groups excluding carboxylic acids is 2. The maximum absolute atomic E-state index is 12.8. The Labute approximate surface area is 171 Å². The quantitative estimate of drug-likeness (QED) is 0.708. The summed E-state index contributed by atoms with van der Waals surface area (Å²) in [6.07, 6.45) is 0.819. The zero-order valence-corrected chi connectivity index (χ0v) is 16.7. The number of hydrogen-bond acceptors (Lipinski definition) is 2. The van der Waals surface area contributed by atoms with Crippen molar-refractivity contribution in [2.75, 3.05) is 11.9 Å². The van der Waals surface area contributed by atoms with Gasteiger partial charge in [-0.2, -0.15) is 0 Å². The van der Waals surface area contributed by atoms with Gasteiger partial charge in [0.05, 0.1) is 0 Å². The summed E-state index contributed by atoms with van der Waals surface area (Å²) in [6.45, 7) is 5.17. The molecule has 2 amide bonds. The fraction of sp³-hybridized carbons (Fsp3) is 0.200. The van der Waals surface area contributed by atoms with Crippen molar-refractivity contribution in [1.82, 2.24) is 4.90 Å². The summed E-state index contributed by atoms with van der Waals surface area (Å²) in [6, 6.07) is 21.2. The van der Waals surface area contributed by atoms with Crippen molar-refractivity contribution in [3.8, 4) is 0 Å². The van der Waals surface area contributed by atoms with Crippen LogP contribution in [-0.2, 0) is 13.0 Å². The van der Waals surface area contributed by atoms with Crippen LogP contribution in [0, 0.1) is 13.8 Å². The molecule has 4 rings (SSSR count). The van der Waals surface area contributed by atoms with E-state index in [1.54, 1.807) is 0 Å². The lowest BCUT2D eigenvalue weighted by Gasteiger charge is -2.29. The van der Waals surface area contributed by atoms with Gasteiger partial charge < -0.3 is 10.2 Å². The number of amides is 2. The van der Waals surface area contributed by atoms with Gasteiger partial charge in [-0.25, -0.2) is 0 Å². The summed E-state index contributed by atoms with van der Waals surface area (Å²) in [5.41, 5.74) is 6.46. The van der Waals surface area contributed by atoms with Crippen molar-refractivity contribution in [3.05, 3.63) is 100 Å².